The van der Waals surface area contributed by atoms with E-state index in [0.717, 1.165) is 6.42 Å². The molecule has 88 valence electrons. The number of carbonyl (C=O) groups excluding carboxylic acids is 1. The maximum atomic E-state index is 12.6. The highest BCUT2D eigenvalue weighted by atomic mass is 19.1. The molecular weight excluding hydrogens is 209 g/mol. The van der Waals surface area contributed by atoms with Crippen LogP contribution in [0, 0.1) is 5.82 Å². The van der Waals surface area contributed by atoms with Gasteiger partial charge in [-0.3, -0.25) is 4.79 Å². The van der Waals surface area contributed by atoms with E-state index in [2.05, 4.69) is 5.32 Å². The minimum Gasteiger partial charge on any atom is -0.383 e. The first-order valence-electron chi connectivity index (χ1n) is 5.22. The van der Waals surface area contributed by atoms with Crippen molar-refractivity contribution < 1.29 is 13.9 Å². The number of ether oxygens (including phenoxy) is 1. The van der Waals surface area contributed by atoms with E-state index in [9.17, 15) is 9.18 Å². The topological polar surface area (TPSA) is 38.3 Å². The third-order valence-electron chi connectivity index (χ3n) is 2.30. The van der Waals surface area contributed by atoms with Gasteiger partial charge in [-0.1, -0.05) is 6.92 Å². The molecule has 0 bridgehead atoms. The standard InChI is InChI=1S/C12H16FNO2/c1-3-11(8-16-2)14-12(15)9-4-6-10(13)7-5-9/h4-7,11H,3,8H2,1-2H3,(H,14,15). The fraction of sp³-hybridized carbons (Fsp3) is 0.417. The van der Waals surface area contributed by atoms with E-state index >= 15 is 0 Å². The lowest BCUT2D eigenvalue weighted by molar-refractivity contribution is 0.0894. The molecular formula is C12H16FNO2. The molecule has 16 heavy (non-hydrogen) atoms. The molecule has 0 spiro atoms. The number of hydrogen-bond acceptors (Lipinski definition) is 2. The van der Waals surface area contributed by atoms with Gasteiger partial charge in [-0.05, 0) is 30.7 Å². The van der Waals surface area contributed by atoms with E-state index in [4.69, 9.17) is 4.74 Å². The van der Waals surface area contributed by atoms with Gasteiger partial charge in [0.1, 0.15) is 5.82 Å². The zero-order chi connectivity index (χ0) is 12.0. The van der Waals surface area contributed by atoms with Crippen LogP contribution in [0.3, 0.4) is 0 Å². The van der Waals surface area contributed by atoms with Gasteiger partial charge in [0, 0.05) is 12.7 Å². The predicted molar refractivity (Wildman–Crippen MR) is 59.8 cm³/mol. The Labute approximate surface area is 94.6 Å². The molecule has 1 unspecified atom stereocenters. The maximum absolute atomic E-state index is 12.6. The molecule has 0 aliphatic rings. The number of hydrogen-bond donors (Lipinski definition) is 1. The second-order valence-electron chi connectivity index (χ2n) is 3.54. The first-order chi connectivity index (χ1) is 7.67. The summed E-state index contributed by atoms with van der Waals surface area (Å²) in [6, 6.07) is 5.45. The summed E-state index contributed by atoms with van der Waals surface area (Å²) in [6.07, 6.45) is 0.792. The number of nitrogens with one attached hydrogen (secondary N) is 1. The lowest BCUT2D eigenvalue weighted by atomic mass is 10.2. The van der Waals surface area contributed by atoms with Crippen LogP contribution in [0.1, 0.15) is 23.7 Å². The fourth-order valence-corrected chi connectivity index (χ4v) is 1.33. The van der Waals surface area contributed by atoms with Crippen LogP contribution in [0.4, 0.5) is 4.39 Å². The van der Waals surface area contributed by atoms with Gasteiger partial charge < -0.3 is 10.1 Å². The van der Waals surface area contributed by atoms with Gasteiger partial charge >= 0.3 is 0 Å². The van der Waals surface area contributed by atoms with E-state index in [1.54, 1.807) is 7.11 Å². The molecule has 1 aromatic rings. The molecule has 0 aliphatic heterocycles. The van der Waals surface area contributed by atoms with Gasteiger partial charge in [0.05, 0.1) is 12.6 Å². The lowest BCUT2D eigenvalue weighted by Gasteiger charge is -2.15. The van der Waals surface area contributed by atoms with Crippen molar-refractivity contribution in [3.63, 3.8) is 0 Å². The average Bonchev–Trinajstić information content (AvgIpc) is 2.29. The number of benzene rings is 1. The van der Waals surface area contributed by atoms with Crippen molar-refractivity contribution in [3.8, 4) is 0 Å². The van der Waals surface area contributed by atoms with Crippen molar-refractivity contribution in [1.29, 1.82) is 0 Å². The van der Waals surface area contributed by atoms with Gasteiger partial charge in [-0.2, -0.15) is 0 Å². The van der Waals surface area contributed by atoms with E-state index < -0.39 is 0 Å². The lowest BCUT2D eigenvalue weighted by Crippen LogP contribution is -2.37. The molecule has 0 aromatic heterocycles. The molecule has 0 saturated heterocycles. The average molecular weight is 225 g/mol. The monoisotopic (exact) mass is 225 g/mol. The molecule has 0 heterocycles. The predicted octanol–water partition coefficient (Wildman–Crippen LogP) is 1.98. The van der Waals surface area contributed by atoms with Crippen LogP contribution in [-0.4, -0.2) is 25.7 Å². The Kier molecular flexibility index (Phi) is 4.92. The Bertz CT molecular complexity index is 337. The largest absolute Gasteiger partial charge is 0.383 e. The highest BCUT2D eigenvalue weighted by Crippen LogP contribution is 2.03. The Morgan fingerprint density at radius 3 is 2.56 bits per heavy atom. The fourth-order valence-electron chi connectivity index (χ4n) is 1.33. The second kappa shape index (κ2) is 6.23. The summed E-state index contributed by atoms with van der Waals surface area (Å²) in [5.74, 6) is -0.551. The number of methoxy groups -OCH3 is 1. The molecule has 1 N–H and O–H groups in total. The number of rotatable bonds is 5. The number of carbonyl (C=O) groups is 1. The SMILES string of the molecule is CCC(COC)NC(=O)c1ccc(F)cc1. The van der Waals surface area contributed by atoms with Crippen LogP contribution in [0.25, 0.3) is 0 Å². The third-order valence-corrected chi connectivity index (χ3v) is 2.30. The summed E-state index contributed by atoms with van der Waals surface area (Å²) in [4.78, 5) is 11.7. The van der Waals surface area contributed by atoms with Crippen molar-refractivity contribution in [3.05, 3.63) is 35.6 Å². The van der Waals surface area contributed by atoms with E-state index in [0.29, 0.717) is 12.2 Å². The first kappa shape index (κ1) is 12.6. The molecule has 3 nitrogen and oxygen atoms in total. The smallest absolute Gasteiger partial charge is 0.251 e. The molecule has 0 fully saturated rings. The Balaban J connectivity index is 2.60. The van der Waals surface area contributed by atoms with Gasteiger partial charge in [-0.15, -0.1) is 0 Å². The van der Waals surface area contributed by atoms with Gasteiger partial charge in [-0.25, -0.2) is 4.39 Å². The minimum absolute atomic E-state index is 0.0115. The molecule has 4 heteroatoms. The molecule has 0 saturated carbocycles. The minimum atomic E-state index is -0.347. The summed E-state index contributed by atoms with van der Waals surface area (Å²) in [7, 11) is 1.59. The van der Waals surface area contributed by atoms with E-state index in [1.807, 2.05) is 6.92 Å². The van der Waals surface area contributed by atoms with Gasteiger partial charge in [0.2, 0.25) is 0 Å². The van der Waals surface area contributed by atoms with Crippen LogP contribution in [0.5, 0.6) is 0 Å². The van der Waals surface area contributed by atoms with Crippen LogP contribution >= 0.6 is 0 Å². The molecule has 1 amide bonds. The summed E-state index contributed by atoms with van der Waals surface area (Å²) in [6.45, 7) is 2.44. The van der Waals surface area contributed by atoms with Gasteiger partial charge in [0.25, 0.3) is 5.91 Å². The Morgan fingerprint density at radius 1 is 1.44 bits per heavy atom. The van der Waals surface area contributed by atoms with E-state index in [-0.39, 0.29) is 17.8 Å². The van der Waals surface area contributed by atoms with E-state index in [1.165, 1.54) is 24.3 Å². The number of halogens is 1. The molecule has 0 aliphatic carbocycles. The van der Waals surface area contributed by atoms with Gasteiger partial charge in [0.15, 0.2) is 0 Å². The molecule has 0 radical (unpaired) electrons. The Morgan fingerprint density at radius 2 is 2.06 bits per heavy atom. The third kappa shape index (κ3) is 3.62. The zero-order valence-electron chi connectivity index (χ0n) is 9.50. The van der Waals surface area contributed by atoms with Crippen molar-refractivity contribution in [2.24, 2.45) is 0 Å². The summed E-state index contributed by atoms with van der Waals surface area (Å²) < 4.78 is 17.6. The van der Waals surface area contributed by atoms with Crippen LogP contribution in [0.15, 0.2) is 24.3 Å². The van der Waals surface area contributed by atoms with Crippen LogP contribution in [-0.2, 0) is 4.74 Å². The first-order valence-corrected chi connectivity index (χ1v) is 5.22. The van der Waals surface area contributed by atoms with Crippen molar-refractivity contribution in [2.45, 2.75) is 19.4 Å². The maximum Gasteiger partial charge on any atom is 0.251 e. The van der Waals surface area contributed by atoms with Crippen molar-refractivity contribution >= 4 is 5.91 Å². The van der Waals surface area contributed by atoms with Crippen LogP contribution in [0.2, 0.25) is 0 Å². The molecule has 1 atom stereocenters. The Hall–Kier alpha value is -1.42. The second-order valence-corrected chi connectivity index (χ2v) is 3.54. The van der Waals surface area contributed by atoms with Crippen molar-refractivity contribution in [1.82, 2.24) is 5.32 Å². The van der Waals surface area contributed by atoms with Crippen molar-refractivity contribution in [2.75, 3.05) is 13.7 Å². The summed E-state index contributed by atoms with van der Waals surface area (Å²) in [5, 5.41) is 2.82. The number of amides is 1. The zero-order valence-corrected chi connectivity index (χ0v) is 9.50. The quantitative estimate of drug-likeness (QED) is 0.832. The summed E-state index contributed by atoms with van der Waals surface area (Å²) >= 11 is 0. The normalized spacial score (nSPS) is 12.2. The van der Waals surface area contributed by atoms with Crippen LogP contribution < -0.4 is 5.32 Å². The highest BCUT2D eigenvalue weighted by molar-refractivity contribution is 5.94. The highest BCUT2D eigenvalue weighted by Gasteiger charge is 2.11. The molecule has 1 rings (SSSR count). The summed E-state index contributed by atoms with van der Waals surface area (Å²) in [5.41, 5.74) is 0.455. The molecule has 1 aromatic carbocycles.